The van der Waals surface area contributed by atoms with Gasteiger partial charge in [-0.2, -0.15) is 0 Å². The molecule has 0 spiro atoms. The molecule has 0 saturated carbocycles. The quantitative estimate of drug-likeness (QED) is 0.534. The maximum absolute atomic E-state index is 11.4. The highest BCUT2D eigenvalue weighted by molar-refractivity contribution is 5.94. The number of amides is 1. The molecule has 0 radical (unpaired) electrons. The van der Waals surface area contributed by atoms with E-state index in [1.807, 2.05) is 0 Å². The lowest BCUT2D eigenvalue weighted by molar-refractivity contribution is -0.385. The molecule has 84 valence electrons. The SMILES string of the molecule is O=C1CC(O)CN1c1ncc([N+](=O)[O-])cn1. The molecule has 8 nitrogen and oxygen atoms in total. The van der Waals surface area contributed by atoms with Gasteiger partial charge in [0.1, 0.15) is 12.4 Å². The van der Waals surface area contributed by atoms with Gasteiger partial charge in [0.25, 0.3) is 0 Å². The number of hydrogen-bond acceptors (Lipinski definition) is 6. The Morgan fingerprint density at radius 2 is 2.12 bits per heavy atom. The van der Waals surface area contributed by atoms with E-state index >= 15 is 0 Å². The minimum atomic E-state index is -0.730. The summed E-state index contributed by atoms with van der Waals surface area (Å²) in [6.07, 6.45) is 1.35. The Morgan fingerprint density at radius 1 is 1.50 bits per heavy atom. The van der Waals surface area contributed by atoms with Gasteiger partial charge >= 0.3 is 5.69 Å². The van der Waals surface area contributed by atoms with Gasteiger partial charge in [-0.3, -0.25) is 19.8 Å². The first-order valence-corrected chi connectivity index (χ1v) is 4.53. The monoisotopic (exact) mass is 224 g/mol. The van der Waals surface area contributed by atoms with Gasteiger partial charge in [0.2, 0.25) is 11.9 Å². The molecule has 1 amide bonds. The van der Waals surface area contributed by atoms with E-state index in [0.717, 1.165) is 12.4 Å². The number of rotatable bonds is 2. The molecule has 2 heterocycles. The molecule has 16 heavy (non-hydrogen) atoms. The summed E-state index contributed by atoms with van der Waals surface area (Å²) in [5.41, 5.74) is -0.240. The number of aliphatic hydroxyl groups is 1. The zero-order valence-corrected chi connectivity index (χ0v) is 8.11. The molecule has 1 fully saturated rings. The number of carbonyl (C=O) groups is 1. The fourth-order valence-electron chi connectivity index (χ4n) is 1.43. The van der Waals surface area contributed by atoms with Crippen LogP contribution in [-0.4, -0.2) is 38.6 Å². The number of β-amino-alcohol motifs (C(OH)–C–C–N with tert-alkyl or cyclic N) is 1. The zero-order chi connectivity index (χ0) is 11.7. The molecule has 1 aliphatic rings. The van der Waals surface area contributed by atoms with Gasteiger partial charge in [0, 0.05) is 0 Å². The van der Waals surface area contributed by atoms with E-state index < -0.39 is 11.0 Å². The number of hydrogen-bond donors (Lipinski definition) is 1. The van der Waals surface area contributed by atoms with Crippen LogP contribution < -0.4 is 4.90 Å². The van der Waals surface area contributed by atoms with E-state index in [-0.39, 0.29) is 30.5 Å². The fourth-order valence-corrected chi connectivity index (χ4v) is 1.43. The number of nitro groups is 1. The third kappa shape index (κ3) is 1.82. The van der Waals surface area contributed by atoms with Crippen LogP contribution in [0.1, 0.15) is 6.42 Å². The second-order valence-electron chi connectivity index (χ2n) is 3.36. The summed E-state index contributed by atoms with van der Waals surface area (Å²) in [5.74, 6) is -0.214. The van der Waals surface area contributed by atoms with Crippen LogP contribution in [-0.2, 0) is 4.79 Å². The summed E-state index contributed by atoms with van der Waals surface area (Å²) in [6.45, 7) is 0.122. The molecule has 8 heteroatoms. The van der Waals surface area contributed by atoms with Gasteiger partial charge in [-0.15, -0.1) is 0 Å². The zero-order valence-electron chi connectivity index (χ0n) is 8.11. The maximum Gasteiger partial charge on any atom is 0.305 e. The third-order valence-corrected chi connectivity index (χ3v) is 2.18. The first-order chi connectivity index (χ1) is 7.58. The standard InChI is InChI=1S/C8H8N4O4/c13-6-1-7(14)11(4-6)8-9-2-5(3-10-8)12(15)16/h2-3,6,13H,1,4H2. The van der Waals surface area contributed by atoms with E-state index in [4.69, 9.17) is 0 Å². The van der Waals surface area contributed by atoms with Gasteiger partial charge in [0.05, 0.1) is 24.0 Å². The van der Waals surface area contributed by atoms with Crippen molar-refractivity contribution in [2.75, 3.05) is 11.4 Å². The summed E-state index contributed by atoms with van der Waals surface area (Å²) in [6, 6.07) is 0. The van der Waals surface area contributed by atoms with Crippen molar-refractivity contribution in [2.24, 2.45) is 0 Å². The molecular formula is C8H8N4O4. The average molecular weight is 224 g/mol. The van der Waals surface area contributed by atoms with Crippen molar-refractivity contribution in [1.29, 1.82) is 0 Å². The van der Waals surface area contributed by atoms with E-state index in [9.17, 15) is 20.0 Å². The second kappa shape index (κ2) is 3.81. The predicted octanol–water partition coefficient (Wildman–Crippen LogP) is -0.518. The highest BCUT2D eigenvalue weighted by Crippen LogP contribution is 2.18. The van der Waals surface area contributed by atoms with Crippen molar-refractivity contribution < 1.29 is 14.8 Å². The lowest BCUT2D eigenvalue weighted by Gasteiger charge is -2.11. The Balaban J connectivity index is 2.22. The van der Waals surface area contributed by atoms with Gasteiger partial charge in [-0.1, -0.05) is 0 Å². The Morgan fingerprint density at radius 3 is 2.56 bits per heavy atom. The lowest BCUT2D eigenvalue weighted by Crippen LogP contribution is -2.27. The van der Waals surface area contributed by atoms with Crippen LogP contribution in [0.3, 0.4) is 0 Å². The Labute approximate surface area is 89.7 Å². The predicted molar refractivity (Wildman–Crippen MR) is 51.7 cm³/mol. The number of anilines is 1. The molecule has 0 aromatic carbocycles. The molecular weight excluding hydrogens is 216 g/mol. The van der Waals surface area contributed by atoms with Crippen LogP contribution in [0.25, 0.3) is 0 Å². The number of aliphatic hydroxyl groups excluding tert-OH is 1. The Hall–Kier alpha value is -2.09. The summed E-state index contributed by atoms with van der Waals surface area (Å²) >= 11 is 0. The van der Waals surface area contributed by atoms with Crippen molar-refractivity contribution in [3.8, 4) is 0 Å². The first-order valence-electron chi connectivity index (χ1n) is 4.53. The lowest BCUT2D eigenvalue weighted by atomic mass is 10.3. The van der Waals surface area contributed by atoms with E-state index in [2.05, 4.69) is 9.97 Å². The molecule has 1 unspecified atom stereocenters. The summed E-state index contributed by atoms with van der Waals surface area (Å²) in [7, 11) is 0. The molecule has 1 saturated heterocycles. The maximum atomic E-state index is 11.4. The van der Waals surface area contributed by atoms with Crippen LogP contribution in [0.15, 0.2) is 12.4 Å². The summed E-state index contributed by atoms with van der Waals surface area (Å²) in [5, 5.41) is 19.6. The van der Waals surface area contributed by atoms with Crippen LogP contribution >= 0.6 is 0 Å². The number of aromatic nitrogens is 2. The van der Waals surface area contributed by atoms with Gasteiger partial charge < -0.3 is 5.11 Å². The topological polar surface area (TPSA) is 109 Å². The van der Waals surface area contributed by atoms with Gasteiger partial charge in [0.15, 0.2) is 0 Å². The fraction of sp³-hybridized carbons (Fsp3) is 0.375. The molecule has 1 aliphatic heterocycles. The summed E-state index contributed by atoms with van der Waals surface area (Å²) in [4.78, 5) is 29.7. The average Bonchev–Trinajstić information content (AvgIpc) is 2.58. The van der Waals surface area contributed by atoms with E-state index in [1.54, 1.807) is 0 Å². The molecule has 1 aromatic heterocycles. The van der Waals surface area contributed by atoms with Crippen molar-refractivity contribution in [3.05, 3.63) is 22.5 Å². The van der Waals surface area contributed by atoms with Crippen molar-refractivity contribution in [3.63, 3.8) is 0 Å². The minimum Gasteiger partial charge on any atom is -0.391 e. The highest BCUT2D eigenvalue weighted by Gasteiger charge is 2.30. The van der Waals surface area contributed by atoms with Crippen LogP contribution in [0.4, 0.5) is 11.6 Å². The molecule has 0 bridgehead atoms. The molecule has 1 N–H and O–H groups in total. The second-order valence-corrected chi connectivity index (χ2v) is 3.36. The van der Waals surface area contributed by atoms with E-state index in [1.165, 1.54) is 4.90 Å². The van der Waals surface area contributed by atoms with Crippen LogP contribution in [0.2, 0.25) is 0 Å². The Kier molecular flexibility index (Phi) is 2.49. The van der Waals surface area contributed by atoms with E-state index in [0.29, 0.717) is 0 Å². The third-order valence-electron chi connectivity index (χ3n) is 2.18. The Bertz CT molecular complexity index is 432. The first kappa shape index (κ1) is 10.4. The summed E-state index contributed by atoms with van der Waals surface area (Å²) < 4.78 is 0. The molecule has 2 rings (SSSR count). The molecule has 1 aromatic rings. The van der Waals surface area contributed by atoms with Crippen LogP contribution in [0, 0.1) is 10.1 Å². The van der Waals surface area contributed by atoms with Gasteiger partial charge in [-0.25, -0.2) is 9.97 Å². The van der Waals surface area contributed by atoms with Crippen molar-refractivity contribution >= 4 is 17.5 Å². The normalized spacial score (nSPS) is 20.2. The van der Waals surface area contributed by atoms with Gasteiger partial charge in [-0.05, 0) is 0 Å². The highest BCUT2D eigenvalue weighted by atomic mass is 16.6. The number of carbonyl (C=O) groups excluding carboxylic acids is 1. The largest absolute Gasteiger partial charge is 0.391 e. The molecule has 0 aliphatic carbocycles. The van der Waals surface area contributed by atoms with Crippen molar-refractivity contribution in [2.45, 2.75) is 12.5 Å². The van der Waals surface area contributed by atoms with Crippen LogP contribution in [0.5, 0.6) is 0 Å². The van der Waals surface area contributed by atoms with Crippen molar-refractivity contribution in [1.82, 2.24) is 9.97 Å². The molecule has 1 atom stereocenters. The minimum absolute atomic E-state index is 0.0281. The number of nitrogens with zero attached hydrogens (tertiary/aromatic N) is 4. The smallest absolute Gasteiger partial charge is 0.305 e.